The lowest BCUT2D eigenvalue weighted by molar-refractivity contribution is 0.264. The first-order valence-electron chi connectivity index (χ1n) is 9.29. The Kier molecular flexibility index (Phi) is 7.40. The highest BCUT2D eigenvalue weighted by Gasteiger charge is 2.14. The monoisotopic (exact) mass is 477 g/mol. The summed E-state index contributed by atoms with van der Waals surface area (Å²) in [7, 11) is 0. The van der Waals surface area contributed by atoms with Crippen LogP contribution >= 0.6 is 27.5 Å². The van der Waals surface area contributed by atoms with Crippen LogP contribution in [0.5, 0.6) is 11.5 Å². The van der Waals surface area contributed by atoms with Crippen molar-refractivity contribution in [2.45, 2.75) is 27.0 Å². The molecule has 0 aliphatic rings. The molecule has 3 rings (SSSR count). The van der Waals surface area contributed by atoms with Crippen LogP contribution in [0, 0.1) is 12.7 Å². The van der Waals surface area contributed by atoms with Crippen molar-refractivity contribution in [3.63, 3.8) is 0 Å². The zero-order valence-electron chi connectivity index (χ0n) is 16.3. The fourth-order valence-corrected chi connectivity index (χ4v) is 3.58. The minimum Gasteiger partial charge on any atom is -0.490 e. The molecule has 0 fully saturated rings. The van der Waals surface area contributed by atoms with Crippen molar-refractivity contribution in [3.8, 4) is 11.5 Å². The molecule has 0 unspecified atom stereocenters. The zero-order chi connectivity index (χ0) is 20.8. The molecule has 3 aromatic carbocycles. The van der Waals surface area contributed by atoms with E-state index >= 15 is 0 Å². The molecule has 6 heteroatoms. The molecule has 0 bridgehead atoms. The molecule has 0 saturated heterocycles. The highest BCUT2D eigenvalue weighted by Crippen LogP contribution is 2.38. The molecular formula is C23H22BrClFNO2. The average Bonchev–Trinajstić information content (AvgIpc) is 2.70. The summed E-state index contributed by atoms with van der Waals surface area (Å²) >= 11 is 9.75. The number of nitrogens with one attached hydrogen (secondary N) is 1. The van der Waals surface area contributed by atoms with E-state index in [1.54, 1.807) is 18.2 Å². The van der Waals surface area contributed by atoms with Crippen LogP contribution in [-0.2, 0) is 13.2 Å². The molecule has 0 heterocycles. The second-order valence-corrected chi connectivity index (χ2v) is 7.80. The predicted molar refractivity (Wildman–Crippen MR) is 120 cm³/mol. The summed E-state index contributed by atoms with van der Waals surface area (Å²) in [5, 5.41) is 4.08. The second-order valence-electron chi connectivity index (χ2n) is 6.54. The Bertz CT molecular complexity index is 997. The summed E-state index contributed by atoms with van der Waals surface area (Å²) in [6.45, 7) is 5.08. The lowest BCUT2D eigenvalue weighted by Gasteiger charge is -2.16. The summed E-state index contributed by atoms with van der Waals surface area (Å²) in [5.41, 5.74) is 3.48. The van der Waals surface area contributed by atoms with E-state index in [2.05, 4.69) is 21.2 Å². The number of benzene rings is 3. The van der Waals surface area contributed by atoms with Gasteiger partial charge < -0.3 is 14.8 Å². The molecule has 0 radical (unpaired) electrons. The topological polar surface area (TPSA) is 30.5 Å². The minimum absolute atomic E-state index is 0.116. The van der Waals surface area contributed by atoms with Gasteiger partial charge >= 0.3 is 0 Å². The molecule has 0 amide bonds. The zero-order valence-corrected chi connectivity index (χ0v) is 18.6. The van der Waals surface area contributed by atoms with Crippen LogP contribution < -0.4 is 14.8 Å². The molecule has 3 aromatic rings. The quantitative estimate of drug-likeness (QED) is 0.373. The highest BCUT2D eigenvalue weighted by atomic mass is 79.9. The van der Waals surface area contributed by atoms with Gasteiger partial charge in [0.05, 0.1) is 11.1 Å². The van der Waals surface area contributed by atoms with E-state index in [4.69, 9.17) is 21.1 Å². The van der Waals surface area contributed by atoms with Crippen molar-refractivity contribution in [2.75, 3.05) is 11.9 Å². The van der Waals surface area contributed by atoms with Crippen LogP contribution in [0.15, 0.2) is 59.1 Å². The fraction of sp³-hybridized carbons (Fsp3) is 0.217. The maximum atomic E-state index is 13.9. The van der Waals surface area contributed by atoms with Gasteiger partial charge in [0.1, 0.15) is 12.4 Å². The Morgan fingerprint density at radius 2 is 1.86 bits per heavy atom. The summed E-state index contributed by atoms with van der Waals surface area (Å²) in [5.74, 6) is 0.869. The molecule has 0 aliphatic carbocycles. The third-order valence-corrected chi connectivity index (χ3v) is 5.36. The van der Waals surface area contributed by atoms with Crippen LogP contribution in [0.2, 0.25) is 5.02 Å². The van der Waals surface area contributed by atoms with Gasteiger partial charge in [-0.3, -0.25) is 0 Å². The van der Waals surface area contributed by atoms with Gasteiger partial charge in [-0.25, -0.2) is 4.39 Å². The van der Waals surface area contributed by atoms with Crippen molar-refractivity contribution in [1.82, 2.24) is 0 Å². The maximum absolute atomic E-state index is 13.9. The number of rotatable bonds is 8. The smallest absolute Gasteiger partial charge is 0.175 e. The van der Waals surface area contributed by atoms with E-state index in [1.807, 2.05) is 44.2 Å². The summed E-state index contributed by atoms with van der Waals surface area (Å²) < 4.78 is 26.3. The first-order valence-corrected chi connectivity index (χ1v) is 10.5. The van der Waals surface area contributed by atoms with Crippen molar-refractivity contribution >= 4 is 33.2 Å². The van der Waals surface area contributed by atoms with Gasteiger partial charge in [-0.05, 0) is 71.2 Å². The standard InChI is InChI=1S/C23H22BrClFNO2/c1-3-28-22-11-16(13-27-18-9-8-15(2)20(25)12-18)10-19(24)23(22)29-14-17-6-4-5-7-21(17)26/h4-12,27H,3,13-14H2,1-2H3. The van der Waals surface area contributed by atoms with E-state index in [0.29, 0.717) is 30.2 Å². The van der Waals surface area contributed by atoms with Crippen LogP contribution in [0.3, 0.4) is 0 Å². The summed E-state index contributed by atoms with van der Waals surface area (Å²) in [6, 6.07) is 16.3. The van der Waals surface area contributed by atoms with E-state index in [9.17, 15) is 4.39 Å². The van der Waals surface area contributed by atoms with Crippen LogP contribution in [0.4, 0.5) is 10.1 Å². The van der Waals surface area contributed by atoms with E-state index < -0.39 is 0 Å². The lowest BCUT2D eigenvalue weighted by Crippen LogP contribution is -2.04. The Morgan fingerprint density at radius 3 is 2.59 bits per heavy atom. The van der Waals surface area contributed by atoms with Crippen molar-refractivity contribution < 1.29 is 13.9 Å². The minimum atomic E-state index is -0.292. The average molecular weight is 479 g/mol. The van der Waals surface area contributed by atoms with Gasteiger partial charge in [-0.15, -0.1) is 0 Å². The van der Waals surface area contributed by atoms with Gasteiger partial charge in [0.15, 0.2) is 11.5 Å². The number of hydrogen-bond acceptors (Lipinski definition) is 3. The van der Waals surface area contributed by atoms with Gasteiger partial charge in [-0.1, -0.05) is 35.9 Å². The van der Waals surface area contributed by atoms with Gasteiger partial charge in [-0.2, -0.15) is 0 Å². The van der Waals surface area contributed by atoms with Gasteiger partial charge in [0, 0.05) is 22.8 Å². The third-order valence-electron chi connectivity index (χ3n) is 4.37. The number of anilines is 1. The van der Waals surface area contributed by atoms with E-state index in [-0.39, 0.29) is 12.4 Å². The Morgan fingerprint density at radius 1 is 1.07 bits per heavy atom. The number of ether oxygens (including phenoxy) is 2. The SMILES string of the molecule is CCOc1cc(CNc2ccc(C)c(Cl)c2)cc(Br)c1OCc1ccccc1F. The summed E-state index contributed by atoms with van der Waals surface area (Å²) in [6.07, 6.45) is 0. The number of hydrogen-bond donors (Lipinski definition) is 1. The first-order chi connectivity index (χ1) is 14.0. The van der Waals surface area contributed by atoms with Crippen molar-refractivity contribution in [1.29, 1.82) is 0 Å². The molecule has 0 aliphatic heterocycles. The molecule has 29 heavy (non-hydrogen) atoms. The van der Waals surface area contributed by atoms with Crippen LogP contribution in [0.25, 0.3) is 0 Å². The van der Waals surface area contributed by atoms with Crippen molar-refractivity contribution in [3.05, 3.63) is 86.6 Å². The van der Waals surface area contributed by atoms with E-state index in [0.717, 1.165) is 26.3 Å². The van der Waals surface area contributed by atoms with Crippen molar-refractivity contribution in [2.24, 2.45) is 0 Å². The number of aryl methyl sites for hydroxylation is 1. The largest absolute Gasteiger partial charge is 0.490 e. The third kappa shape index (κ3) is 5.64. The second kappa shape index (κ2) is 9.99. The molecule has 0 atom stereocenters. The van der Waals surface area contributed by atoms with Crippen LogP contribution in [0.1, 0.15) is 23.6 Å². The molecule has 0 saturated carbocycles. The Hall–Kier alpha value is -2.24. The highest BCUT2D eigenvalue weighted by molar-refractivity contribution is 9.10. The molecular weight excluding hydrogens is 457 g/mol. The van der Waals surface area contributed by atoms with Gasteiger partial charge in [0.2, 0.25) is 0 Å². The number of halogens is 3. The fourth-order valence-electron chi connectivity index (χ4n) is 2.80. The molecule has 0 spiro atoms. The normalized spacial score (nSPS) is 10.7. The van der Waals surface area contributed by atoms with Gasteiger partial charge in [0.25, 0.3) is 0 Å². The maximum Gasteiger partial charge on any atom is 0.175 e. The summed E-state index contributed by atoms with van der Waals surface area (Å²) in [4.78, 5) is 0. The molecule has 1 N–H and O–H groups in total. The predicted octanol–water partition coefficient (Wildman–Crippen LogP) is 7.14. The van der Waals surface area contributed by atoms with E-state index in [1.165, 1.54) is 6.07 Å². The molecule has 3 nitrogen and oxygen atoms in total. The Labute approximate surface area is 183 Å². The van der Waals surface area contributed by atoms with Crippen LogP contribution in [-0.4, -0.2) is 6.61 Å². The first kappa shape index (κ1) is 21.5. The molecule has 152 valence electrons. The lowest BCUT2D eigenvalue weighted by atomic mass is 10.1. The Balaban J connectivity index is 1.76. The molecule has 0 aromatic heterocycles.